The molecule has 268 valence electrons. The number of pyridine rings is 1. The second-order valence-electron chi connectivity index (χ2n) is 12.7. The normalized spacial score (nSPS) is 18.5. The predicted octanol–water partition coefficient (Wildman–Crippen LogP) is 4.51. The number of benzene rings is 2. The fourth-order valence-electron chi connectivity index (χ4n) is 6.09. The molecular weight excluding hydrogens is 685 g/mol. The average Bonchev–Trinajstić information content (AvgIpc) is 3.54. The first-order valence-electron chi connectivity index (χ1n) is 15.6. The van der Waals surface area contributed by atoms with Gasteiger partial charge in [0.15, 0.2) is 0 Å². The Labute approximate surface area is 285 Å². The molecule has 0 spiro atoms. The lowest BCUT2D eigenvalue weighted by Gasteiger charge is -2.31. The number of hydrogen-bond donors (Lipinski definition) is 3. The van der Waals surface area contributed by atoms with Crippen LogP contribution in [0.3, 0.4) is 0 Å². The maximum atomic E-state index is 15.0. The maximum absolute atomic E-state index is 15.0. The molecule has 2 aliphatic rings. The van der Waals surface area contributed by atoms with Crippen molar-refractivity contribution in [2.75, 3.05) is 27.4 Å². The number of nitrogens with two attached hydrogens (primary N) is 1. The minimum absolute atomic E-state index is 0.0214. The van der Waals surface area contributed by atoms with Crippen molar-refractivity contribution in [3.8, 4) is 28.5 Å². The van der Waals surface area contributed by atoms with Crippen LogP contribution in [-0.4, -0.2) is 75.0 Å². The van der Waals surface area contributed by atoms with E-state index in [4.69, 9.17) is 19.9 Å². The summed E-state index contributed by atoms with van der Waals surface area (Å²) < 4.78 is 90.6. The molecule has 7 rings (SSSR count). The summed E-state index contributed by atoms with van der Waals surface area (Å²) in [5.41, 5.74) is -0.732. The summed E-state index contributed by atoms with van der Waals surface area (Å²) in [6.45, 7) is -3.42. The molecule has 2 atom stereocenters. The number of halogens is 5. The highest BCUT2D eigenvalue weighted by Gasteiger charge is 2.58. The van der Waals surface area contributed by atoms with Gasteiger partial charge < -0.3 is 30.4 Å². The fraction of sp³-hybridized carbons (Fsp3) is 0.364. The zero-order valence-electron chi connectivity index (χ0n) is 27.2. The molecule has 0 bridgehead atoms. The molecule has 51 heavy (non-hydrogen) atoms. The summed E-state index contributed by atoms with van der Waals surface area (Å²) >= 11 is 0. The predicted molar refractivity (Wildman–Crippen MR) is 170 cm³/mol. The molecule has 1 aliphatic heterocycles. The van der Waals surface area contributed by atoms with Crippen molar-refractivity contribution >= 4 is 33.6 Å². The number of fused-ring (bicyclic) bond motifs is 3. The van der Waals surface area contributed by atoms with Crippen molar-refractivity contribution in [2.24, 2.45) is 5.73 Å². The Balaban J connectivity index is 1.32. The Bertz CT molecular complexity index is 2230. The highest BCUT2D eigenvalue weighted by molar-refractivity contribution is 6.00. The summed E-state index contributed by atoms with van der Waals surface area (Å²) in [5.74, 6) is -1.82. The van der Waals surface area contributed by atoms with Crippen LogP contribution in [0.15, 0.2) is 42.7 Å². The number of alkyl halides is 5. The third-order valence-electron chi connectivity index (χ3n) is 9.29. The molecule has 0 radical (unpaired) electrons. The van der Waals surface area contributed by atoms with Gasteiger partial charge in [-0.1, -0.05) is 0 Å². The fourth-order valence-corrected chi connectivity index (χ4v) is 6.09. The molecular formula is C33H30F5N7O6. The summed E-state index contributed by atoms with van der Waals surface area (Å²) in [5, 5.41) is 22.6. The van der Waals surface area contributed by atoms with Crippen molar-refractivity contribution in [3.63, 3.8) is 0 Å². The second-order valence-corrected chi connectivity index (χ2v) is 12.7. The van der Waals surface area contributed by atoms with Crippen molar-refractivity contribution in [2.45, 2.75) is 49.5 Å². The van der Waals surface area contributed by atoms with Crippen molar-refractivity contribution in [3.05, 3.63) is 59.5 Å². The van der Waals surface area contributed by atoms with Crippen molar-refractivity contribution < 1.29 is 50.9 Å². The first-order chi connectivity index (χ1) is 24.1. The van der Waals surface area contributed by atoms with E-state index < -0.39 is 47.8 Å². The van der Waals surface area contributed by atoms with Gasteiger partial charge in [0.1, 0.15) is 46.0 Å². The van der Waals surface area contributed by atoms with Gasteiger partial charge in [-0.15, -0.1) is 0 Å². The van der Waals surface area contributed by atoms with Crippen LogP contribution in [0.4, 0.5) is 22.0 Å². The number of primary amides is 1. The number of aliphatic hydroxyl groups is 1. The number of carbonyl (C=O) groups excluding carboxylic acids is 2. The minimum Gasteiger partial charge on any atom is -0.494 e. The van der Waals surface area contributed by atoms with Gasteiger partial charge in [-0.2, -0.15) is 32.1 Å². The monoisotopic (exact) mass is 715 g/mol. The molecule has 18 heteroatoms. The molecule has 13 nitrogen and oxygen atoms in total. The van der Waals surface area contributed by atoms with Gasteiger partial charge in [0.25, 0.3) is 5.91 Å². The van der Waals surface area contributed by atoms with E-state index in [1.165, 1.54) is 45.4 Å². The number of hydrogen-bond acceptors (Lipinski definition) is 9. The van der Waals surface area contributed by atoms with Crippen LogP contribution in [-0.2, 0) is 15.8 Å². The lowest BCUT2D eigenvalue weighted by atomic mass is 9.81. The first-order valence-corrected chi connectivity index (χ1v) is 15.6. The lowest BCUT2D eigenvalue weighted by Crippen LogP contribution is -2.51. The van der Waals surface area contributed by atoms with Gasteiger partial charge in [-0.25, -0.2) is 9.67 Å². The summed E-state index contributed by atoms with van der Waals surface area (Å²) in [6.07, 6.45) is -0.830. The van der Waals surface area contributed by atoms with Crippen LogP contribution in [0.1, 0.15) is 54.0 Å². The molecule has 4 N–H and O–H groups in total. The second kappa shape index (κ2) is 11.8. The molecule has 0 unspecified atom stereocenters. The van der Waals surface area contributed by atoms with E-state index >= 15 is 0 Å². The zero-order valence-corrected chi connectivity index (χ0v) is 27.2. The van der Waals surface area contributed by atoms with Gasteiger partial charge in [0.05, 0.1) is 32.5 Å². The number of aromatic nitrogens is 5. The van der Waals surface area contributed by atoms with Crippen LogP contribution in [0.2, 0.25) is 0 Å². The quantitative estimate of drug-likeness (QED) is 0.176. The van der Waals surface area contributed by atoms with Gasteiger partial charge in [0.2, 0.25) is 11.5 Å². The molecule has 5 aromatic rings. The van der Waals surface area contributed by atoms with Crippen LogP contribution in [0, 0.1) is 0 Å². The minimum atomic E-state index is -5.44. The smallest absolute Gasteiger partial charge is 0.424 e. The Kier molecular flexibility index (Phi) is 7.84. The van der Waals surface area contributed by atoms with E-state index in [2.05, 4.69) is 20.5 Å². The topological polar surface area (TPSA) is 169 Å². The van der Waals surface area contributed by atoms with E-state index in [0.717, 1.165) is 25.1 Å². The molecule has 2 aromatic carbocycles. The van der Waals surface area contributed by atoms with E-state index in [1.54, 1.807) is 10.9 Å². The summed E-state index contributed by atoms with van der Waals surface area (Å²) in [4.78, 5) is 30.2. The van der Waals surface area contributed by atoms with E-state index in [0.29, 0.717) is 15.6 Å². The van der Waals surface area contributed by atoms with Crippen molar-refractivity contribution in [1.82, 2.24) is 29.9 Å². The third-order valence-corrected chi connectivity index (χ3v) is 9.29. The number of methoxy groups -OCH3 is 2. The third kappa shape index (κ3) is 5.53. The van der Waals surface area contributed by atoms with E-state index in [-0.39, 0.29) is 63.2 Å². The molecule has 1 aliphatic carbocycles. The summed E-state index contributed by atoms with van der Waals surface area (Å²) in [7, 11) is 2.61. The Morgan fingerprint density at radius 2 is 1.73 bits per heavy atom. The average molecular weight is 716 g/mol. The number of carbonyl (C=O) groups is 2. The van der Waals surface area contributed by atoms with E-state index in [1.807, 2.05) is 0 Å². The Hall–Kier alpha value is -5.52. The summed E-state index contributed by atoms with van der Waals surface area (Å²) in [6, 6.07) is 6.48. The van der Waals surface area contributed by atoms with Gasteiger partial charge in [-0.05, 0) is 50.1 Å². The molecule has 1 fully saturated rings. The van der Waals surface area contributed by atoms with Crippen LogP contribution in [0.25, 0.3) is 33.1 Å². The van der Waals surface area contributed by atoms with E-state index in [9.17, 15) is 36.6 Å². The molecule has 4 heterocycles. The Morgan fingerprint density at radius 3 is 2.35 bits per heavy atom. The lowest BCUT2D eigenvalue weighted by molar-refractivity contribution is -0.265. The number of amides is 2. The van der Waals surface area contributed by atoms with Crippen LogP contribution >= 0.6 is 0 Å². The zero-order chi connectivity index (χ0) is 36.6. The first kappa shape index (κ1) is 34.0. The molecule has 2 amide bonds. The standard InChI is InChI=1S/C33H30F5N7O6/c1-31(29(39)47)14-51-27-20(31)10-23(41-26(27)15-6-17-12-45(30(34)35)43-25(17)21(8-15)49-2)32(48,33(36,37)38)13-40-28(46)16-7-18-11-44(19-4-5-19)42-24(18)22(9-16)50-3/h6-12,19,30,48H,4-5,13-14H2,1-3H3,(H2,39,47)(H,40,46)/t31-,32-/m0/s1. The molecule has 0 saturated heterocycles. The number of ether oxygens (including phenoxy) is 3. The maximum Gasteiger partial charge on any atom is 0.424 e. The van der Waals surface area contributed by atoms with Gasteiger partial charge in [-0.3, -0.25) is 14.3 Å². The highest BCUT2D eigenvalue weighted by Crippen LogP contribution is 2.49. The van der Waals surface area contributed by atoms with Gasteiger partial charge in [0, 0.05) is 39.9 Å². The largest absolute Gasteiger partial charge is 0.494 e. The van der Waals surface area contributed by atoms with Crippen LogP contribution in [0.5, 0.6) is 17.2 Å². The number of nitrogens with zero attached hydrogens (tertiary/aromatic N) is 5. The SMILES string of the molecule is COc1cc(-c2nc([C@@](O)(CNC(=O)c3cc(OC)c4nn(C5CC5)cc4c3)C(F)(F)F)cc3c2OC[C@]3(C)C(N)=O)cc2cn(C(F)F)nc12. The van der Waals surface area contributed by atoms with Crippen LogP contribution < -0.4 is 25.3 Å². The number of rotatable bonds is 10. The highest BCUT2D eigenvalue weighted by atomic mass is 19.4. The van der Waals surface area contributed by atoms with Crippen molar-refractivity contribution in [1.29, 1.82) is 0 Å². The molecule has 3 aromatic heterocycles. The van der Waals surface area contributed by atoms with Gasteiger partial charge >= 0.3 is 12.7 Å². The molecule has 1 saturated carbocycles. The number of nitrogens with one attached hydrogen (secondary N) is 1. The Morgan fingerprint density at radius 1 is 1.06 bits per heavy atom.